The first kappa shape index (κ1) is 17.5. The van der Waals surface area contributed by atoms with E-state index in [0.717, 1.165) is 5.56 Å². The van der Waals surface area contributed by atoms with Crippen LogP contribution in [0.5, 0.6) is 11.6 Å². The van der Waals surface area contributed by atoms with Crippen LogP contribution in [0.4, 0.5) is 8.78 Å². The van der Waals surface area contributed by atoms with E-state index in [-0.39, 0.29) is 23.1 Å². The van der Waals surface area contributed by atoms with Crippen LogP contribution >= 0.6 is 0 Å². The standard InChI is InChI=1S/C20H14F2N4O2/c21-20(22)27-14-9-5-4-8-12(14)15-13(10-23)18(24)28-19-16(15)17(25-26-19)11-6-2-1-3-7-11/h1-9,15,20H,24H2,(H,25,26)/t15-/m0/s1. The van der Waals surface area contributed by atoms with Crippen molar-refractivity contribution >= 4 is 0 Å². The van der Waals surface area contributed by atoms with Crippen molar-refractivity contribution in [2.45, 2.75) is 12.5 Å². The molecule has 1 atom stereocenters. The molecule has 0 amide bonds. The van der Waals surface area contributed by atoms with Crippen LogP contribution in [0.1, 0.15) is 17.0 Å². The van der Waals surface area contributed by atoms with Gasteiger partial charge in [0.15, 0.2) is 0 Å². The molecule has 8 heteroatoms. The summed E-state index contributed by atoms with van der Waals surface area (Å²) in [5.74, 6) is -0.765. The van der Waals surface area contributed by atoms with E-state index in [1.54, 1.807) is 18.2 Å². The third kappa shape index (κ3) is 2.93. The van der Waals surface area contributed by atoms with E-state index < -0.39 is 12.5 Å². The lowest BCUT2D eigenvalue weighted by molar-refractivity contribution is -0.0504. The van der Waals surface area contributed by atoms with Crippen LogP contribution in [0, 0.1) is 11.3 Å². The molecule has 6 nitrogen and oxygen atoms in total. The third-order valence-corrected chi connectivity index (χ3v) is 4.45. The Morgan fingerprint density at radius 2 is 1.86 bits per heavy atom. The molecule has 3 N–H and O–H groups in total. The van der Waals surface area contributed by atoms with Gasteiger partial charge in [0.2, 0.25) is 11.8 Å². The van der Waals surface area contributed by atoms with Crippen molar-refractivity contribution in [2.24, 2.45) is 5.73 Å². The number of ether oxygens (including phenoxy) is 2. The minimum Gasteiger partial charge on any atom is -0.435 e. The molecule has 2 aromatic carbocycles. The highest BCUT2D eigenvalue weighted by molar-refractivity contribution is 5.71. The largest absolute Gasteiger partial charge is 0.435 e. The molecule has 4 rings (SSSR count). The maximum atomic E-state index is 12.9. The summed E-state index contributed by atoms with van der Waals surface area (Å²) in [6, 6.07) is 17.6. The highest BCUT2D eigenvalue weighted by Crippen LogP contribution is 2.47. The van der Waals surface area contributed by atoms with Gasteiger partial charge >= 0.3 is 6.61 Å². The Morgan fingerprint density at radius 3 is 2.57 bits per heavy atom. The lowest BCUT2D eigenvalue weighted by Crippen LogP contribution is -2.21. The van der Waals surface area contributed by atoms with Gasteiger partial charge in [0.25, 0.3) is 0 Å². The normalized spacial score (nSPS) is 15.7. The highest BCUT2D eigenvalue weighted by Gasteiger charge is 2.37. The molecule has 0 bridgehead atoms. The highest BCUT2D eigenvalue weighted by atomic mass is 19.3. The number of allylic oxidation sites excluding steroid dienone is 1. The molecule has 1 aromatic heterocycles. The molecule has 0 aliphatic carbocycles. The molecule has 1 aliphatic rings. The number of nitriles is 1. The predicted octanol–water partition coefficient (Wildman–Crippen LogP) is 3.90. The number of alkyl halides is 2. The van der Waals surface area contributed by atoms with Crippen molar-refractivity contribution in [3.05, 3.63) is 77.2 Å². The van der Waals surface area contributed by atoms with Gasteiger partial charge in [-0.3, -0.25) is 5.10 Å². The second kappa shape index (κ2) is 7.04. The summed E-state index contributed by atoms with van der Waals surface area (Å²) in [6.07, 6.45) is 0. The quantitative estimate of drug-likeness (QED) is 0.716. The van der Waals surface area contributed by atoms with Gasteiger partial charge in [0.1, 0.15) is 17.4 Å². The fraction of sp³-hybridized carbons (Fsp3) is 0.100. The number of hydrogen-bond acceptors (Lipinski definition) is 5. The van der Waals surface area contributed by atoms with Gasteiger partial charge in [-0.1, -0.05) is 48.5 Å². The SMILES string of the molecule is N#CC1=C(N)Oc2n[nH]c(-c3ccccc3)c2[C@H]1c1ccccc1OC(F)F. The first-order valence-corrected chi connectivity index (χ1v) is 8.35. The average Bonchev–Trinajstić information content (AvgIpc) is 3.11. The Bertz CT molecular complexity index is 1090. The molecule has 0 fully saturated rings. The van der Waals surface area contributed by atoms with Crippen molar-refractivity contribution in [1.29, 1.82) is 5.26 Å². The number of nitrogens with zero attached hydrogens (tertiary/aromatic N) is 2. The number of aromatic amines is 1. The maximum Gasteiger partial charge on any atom is 0.387 e. The van der Waals surface area contributed by atoms with Crippen molar-refractivity contribution < 1.29 is 18.3 Å². The average molecular weight is 380 g/mol. The number of nitrogens with two attached hydrogens (primary N) is 1. The fourth-order valence-corrected chi connectivity index (χ4v) is 3.30. The molecule has 0 unspecified atom stereocenters. The molecular weight excluding hydrogens is 366 g/mol. The zero-order chi connectivity index (χ0) is 19.7. The van der Waals surface area contributed by atoms with Crippen LogP contribution in [-0.2, 0) is 0 Å². The van der Waals surface area contributed by atoms with Crippen LogP contribution in [0.25, 0.3) is 11.3 Å². The molecular formula is C20H14F2N4O2. The molecule has 3 aromatic rings. The number of aromatic nitrogens is 2. The van der Waals surface area contributed by atoms with Gasteiger partial charge in [-0.25, -0.2) is 0 Å². The molecule has 0 radical (unpaired) electrons. The van der Waals surface area contributed by atoms with Crippen molar-refractivity contribution in [3.63, 3.8) is 0 Å². The molecule has 0 spiro atoms. The third-order valence-electron chi connectivity index (χ3n) is 4.45. The fourth-order valence-electron chi connectivity index (χ4n) is 3.30. The van der Waals surface area contributed by atoms with Gasteiger partial charge in [-0.05, 0) is 11.6 Å². The number of benzene rings is 2. The Kier molecular flexibility index (Phi) is 4.41. The number of halogens is 2. The van der Waals surface area contributed by atoms with Gasteiger partial charge < -0.3 is 15.2 Å². The second-order valence-electron chi connectivity index (χ2n) is 6.02. The summed E-state index contributed by atoms with van der Waals surface area (Å²) in [6.45, 7) is -3.01. The van der Waals surface area contributed by atoms with Crippen molar-refractivity contribution in [2.75, 3.05) is 0 Å². The molecule has 140 valence electrons. The predicted molar refractivity (Wildman–Crippen MR) is 96.4 cm³/mol. The van der Waals surface area contributed by atoms with Crippen LogP contribution in [-0.4, -0.2) is 16.8 Å². The summed E-state index contributed by atoms with van der Waals surface area (Å²) >= 11 is 0. The number of H-pyrrole nitrogens is 1. The lowest BCUT2D eigenvalue weighted by Gasteiger charge is -2.25. The van der Waals surface area contributed by atoms with Crippen molar-refractivity contribution in [3.8, 4) is 29.0 Å². The van der Waals surface area contributed by atoms with E-state index in [9.17, 15) is 14.0 Å². The van der Waals surface area contributed by atoms with Crippen LogP contribution in [0.3, 0.4) is 0 Å². The number of nitrogens with one attached hydrogen (secondary N) is 1. The van der Waals surface area contributed by atoms with E-state index in [2.05, 4.69) is 14.9 Å². The van der Waals surface area contributed by atoms with E-state index in [0.29, 0.717) is 16.8 Å². The van der Waals surface area contributed by atoms with Gasteiger partial charge in [0, 0.05) is 5.56 Å². The van der Waals surface area contributed by atoms with Crippen LogP contribution in [0.2, 0.25) is 0 Å². The summed E-state index contributed by atoms with van der Waals surface area (Å²) in [7, 11) is 0. The maximum absolute atomic E-state index is 12.9. The molecule has 0 saturated heterocycles. The monoisotopic (exact) mass is 380 g/mol. The minimum absolute atomic E-state index is 0.0453. The first-order chi connectivity index (χ1) is 13.6. The Morgan fingerprint density at radius 1 is 1.14 bits per heavy atom. The number of fused-ring (bicyclic) bond motifs is 1. The minimum atomic E-state index is -3.01. The van der Waals surface area contributed by atoms with E-state index in [1.165, 1.54) is 6.07 Å². The number of para-hydroxylation sites is 1. The summed E-state index contributed by atoms with van der Waals surface area (Å²) < 4.78 is 36.1. The zero-order valence-electron chi connectivity index (χ0n) is 14.4. The summed E-state index contributed by atoms with van der Waals surface area (Å²) in [5, 5.41) is 16.8. The first-order valence-electron chi connectivity index (χ1n) is 8.35. The van der Waals surface area contributed by atoms with Gasteiger partial charge in [-0.15, -0.1) is 5.10 Å². The topological polar surface area (TPSA) is 97.0 Å². The number of hydrogen-bond donors (Lipinski definition) is 2. The van der Waals surface area contributed by atoms with Crippen LogP contribution in [0.15, 0.2) is 66.1 Å². The lowest BCUT2D eigenvalue weighted by atomic mass is 9.82. The summed E-state index contributed by atoms with van der Waals surface area (Å²) in [4.78, 5) is 0. The molecule has 28 heavy (non-hydrogen) atoms. The smallest absolute Gasteiger partial charge is 0.387 e. The second-order valence-corrected chi connectivity index (χ2v) is 6.02. The molecule has 0 saturated carbocycles. The summed E-state index contributed by atoms with van der Waals surface area (Å²) in [5.41, 5.74) is 8.32. The Hall–Kier alpha value is -3.86. The Labute approximate surface area is 158 Å². The Balaban J connectivity index is 1.95. The van der Waals surface area contributed by atoms with Crippen molar-refractivity contribution in [1.82, 2.24) is 10.2 Å². The molecule has 2 heterocycles. The zero-order valence-corrected chi connectivity index (χ0v) is 14.4. The van der Waals surface area contributed by atoms with Gasteiger partial charge in [0.05, 0.1) is 17.2 Å². The van der Waals surface area contributed by atoms with E-state index >= 15 is 0 Å². The number of rotatable bonds is 4. The van der Waals surface area contributed by atoms with Gasteiger partial charge in [-0.2, -0.15) is 14.0 Å². The van der Waals surface area contributed by atoms with E-state index in [1.807, 2.05) is 36.4 Å². The molecule has 1 aliphatic heterocycles. The van der Waals surface area contributed by atoms with Crippen LogP contribution < -0.4 is 15.2 Å². The van der Waals surface area contributed by atoms with E-state index in [4.69, 9.17) is 10.5 Å².